The smallest absolute Gasteiger partial charge is 0.119 e. The standard InChI is InChI=1S/C13H18ClNO/c1-2-13(10-7-8-15-9-10)16-12-5-3-11(14)4-6-12/h3-6,10,13,15H,2,7-9H2,1H3/t10-,13+/m0/s1. The summed E-state index contributed by atoms with van der Waals surface area (Å²) in [6, 6.07) is 7.62. The second-order valence-corrected chi connectivity index (χ2v) is 4.71. The number of halogens is 1. The fourth-order valence-corrected chi connectivity index (χ4v) is 2.32. The first kappa shape index (κ1) is 11.7. The Labute approximate surface area is 102 Å². The Balaban J connectivity index is 1.97. The van der Waals surface area contributed by atoms with Crippen molar-refractivity contribution in [3.63, 3.8) is 0 Å². The predicted octanol–water partition coefficient (Wildman–Crippen LogP) is 3.11. The molecule has 3 heteroatoms. The van der Waals surface area contributed by atoms with Crippen LogP contribution >= 0.6 is 11.6 Å². The van der Waals surface area contributed by atoms with Gasteiger partial charge in [-0.3, -0.25) is 0 Å². The van der Waals surface area contributed by atoms with E-state index in [1.165, 1.54) is 6.42 Å². The third kappa shape index (κ3) is 2.89. The molecule has 1 aromatic rings. The second kappa shape index (κ2) is 5.55. The van der Waals surface area contributed by atoms with Gasteiger partial charge in [-0.15, -0.1) is 0 Å². The molecule has 1 aromatic carbocycles. The molecule has 2 atom stereocenters. The van der Waals surface area contributed by atoms with Crippen molar-refractivity contribution in [1.82, 2.24) is 5.32 Å². The van der Waals surface area contributed by atoms with E-state index in [1.54, 1.807) is 0 Å². The summed E-state index contributed by atoms with van der Waals surface area (Å²) in [4.78, 5) is 0. The quantitative estimate of drug-likeness (QED) is 0.872. The zero-order valence-electron chi connectivity index (χ0n) is 9.58. The molecule has 1 aliphatic rings. The van der Waals surface area contributed by atoms with Gasteiger partial charge in [0.1, 0.15) is 11.9 Å². The minimum Gasteiger partial charge on any atom is -0.490 e. The molecule has 1 heterocycles. The number of hydrogen-bond acceptors (Lipinski definition) is 2. The minimum absolute atomic E-state index is 0.316. The molecular formula is C13H18ClNO. The molecule has 1 aliphatic heterocycles. The zero-order valence-corrected chi connectivity index (χ0v) is 10.3. The third-order valence-electron chi connectivity index (χ3n) is 3.13. The molecule has 0 unspecified atom stereocenters. The van der Waals surface area contributed by atoms with Gasteiger partial charge in [0.05, 0.1) is 0 Å². The Bertz CT molecular complexity index is 319. The number of benzene rings is 1. The van der Waals surface area contributed by atoms with E-state index in [1.807, 2.05) is 24.3 Å². The van der Waals surface area contributed by atoms with Gasteiger partial charge in [-0.2, -0.15) is 0 Å². The van der Waals surface area contributed by atoms with Crippen molar-refractivity contribution in [2.45, 2.75) is 25.9 Å². The molecule has 1 N–H and O–H groups in total. The lowest BCUT2D eigenvalue weighted by molar-refractivity contribution is 0.138. The Kier molecular flexibility index (Phi) is 4.08. The van der Waals surface area contributed by atoms with Gasteiger partial charge in [-0.05, 0) is 43.7 Å². The topological polar surface area (TPSA) is 21.3 Å². The Morgan fingerprint density at radius 1 is 1.44 bits per heavy atom. The van der Waals surface area contributed by atoms with Crippen molar-refractivity contribution in [3.8, 4) is 5.75 Å². The molecule has 0 bridgehead atoms. The van der Waals surface area contributed by atoms with Crippen LogP contribution in [0.15, 0.2) is 24.3 Å². The lowest BCUT2D eigenvalue weighted by Crippen LogP contribution is -2.28. The molecule has 0 radical (unpaired) electrons. The van der Waals surface area contributed by atoms with Crippen molar-refractivity contribution in [2.24, 2.45) is 5.92 Å². The van der Waals surface area contributed by atoms with E-state index >= 15 is 0 Å². The monoisotopic (exact) mass is 239 g/mol. The highest BCUT2D eigenvalue weighted by Crippen LogP contribution is 2.23. The van der Waals surface area contributed by atoms with Crippen LogP contribution in [0.1, 0.15) is 19.8 Å². The van der Waals surface area contributed by atoms with Crippen molar-refractivity contribution in [3.05, 3.63) is 29.3 Å². The maximum atomic E-state index is 6.00. The summed E-state index contributed by atoms with van der Waals surface area (Å²) in [5.74, 6) is 1.56. The van der Waals surface area contributed by atoms with Crippen molar-refractivity contribution in [2.75, 3.05) is 13.1 Å². The van der Waals surface area contributed by atoms with E-state index in [-0.39, 0.29) is 0 Å². The summed E-state index contributed by atoms with van der Waals surface area (Å²) in [5, 5.41) is 4.13. The first-order chi connectivity index (χ1) is 7.79. The molecule has 1 fully saturated rings. The van der Waals surface area contributed by atoms with Gasteiger partial charge in [0.2, 0.25) is 0 Å². The number of rotatable bonds is 4. The van der Waals surface area contributed by atoms with E-state index in [0.717, 1.165) is 30.3 Å². The van der Waals surface area contributed by atoms with Crippen LogP contribution in [0.25, 0.3) is 0 Å². The molecule has 1 saturated heterocycles. The van der Waals surface area contributed by atoms with Crippen molar-refractivity contribution < 1.29 is 4.74 Å². The highest BCUT2D eigenvalue weighted by atomic mass is 35.5. The van der Waals surface area contributed by atoms with Crippen LogP contribution in [-0.4, -0.2) is 19.2 Å². The minimum atomic E-state index is 0.316. The summed E-state index contributed by atoms with van der Waals surface area (Å²) >= 11 is 5.84. The first-order valence-corrected chi connectivity index (χ1v) is 6.30. The largest absolute Gasteiger partial charge is 0.490 e. The first-order valence-electron chi connectivity index (χ1n) is 5.92. The van der Waals surface area contributed by atoms with Gasteiger partial charge in [0.25, 0.3) is 0 Å². The van der Waals surface area contributed by atoms with Gasteiger partial charge in [-0.1, -0.05) is 18.5 Å². The van der Waals surface area contributed by atoms with Gasteiger partial charge in [-0.25, -0.2) is 0 Å². The van der Waals surface area contributed by atoms with Gasteiger partial charge in [0.15, 0.2) is 0 Å². The number of ether oxygens (including phenoxy) is 1. The van der Waals surface area contributed by atoms with Crippen LogP contribution < -0.4 is 10.1 Å². The lowest BCUT2D eigenvalue weighted by Gasteiger charge is -2.23. The van der Waals surface area contributed by atoms with E-state index < -0.39 is 0 Å². The van der Waals surface area contributed by atoms with Crippen LogP contribution in [0.3, 0.4) is 0 Å². The fourth-order valence-electron chi connectivity index (χ4n) is 2.20. The van der Waals surface area contributed by atoms with Gasteiger partial charge in [0, 0.05) is 17.5 Å². The summed E-state index contributed by atoms with van der Waals surface area (Å²) in [7, 11) is 0. The van der Waals surface area contributed by atoms with E-state index in [4.69, 9.17) is 16.3 Å². The summed E-state index contributed by atoms with van der Waals surface area (Å²) in [6.07, 6.45) is 2.58. The van der Waals surface area contributed by atoms with Gasteiger partial charge < -0.3 is 10.1 Å². The van der Waals surface area contributed by atoms with E-state index in [2.05, 4.69) is 12.2 Å². The highest BCUT2D eigenvalue weighted by Gasteiger charge is 2.24. The molecule has 2 nitrogen and oxygen atoms in total. The normalized spacial score (nSPS) is 22.0. The number of hydrogen-bond donors (Lipinski definition) is 1. The maximum Gasteiger partial charge on any atom is 0.119 e. The van der Waals surface area contributed by atoms with Crippen LogP contribution in [0.2, 0.25) is 5.02 Å². The summed E-state index contributed by atoms with van der Waals surface area (Å²) in [5.41, 5.74) is 0. The molecule has 16 heavy (non-hydrogen) atoms. The van der Waals surface area contributed by atoms with Crippen molar-refractivity contribution in [1.29, 1.82) is 0 Å². The van der Waals surface area contributed by atoms with E-state index in [9.17, 15) is 0 Å². The maximum absolute atomic E-state index is 6.00. The number of nitrogens with one attached hydrogen (secondary N) is 1. The van der Waals surface area contributed by atoms with Crippen LogP contribution in [0.5, 0.6) is 5.75 Å². The molecule has 0 spiro atoms. The van der Waals surface area contributed by atoms with Crippen LogP contribution in [0.4, 0.5) is 0 Å². The second-order valence-electron chi connectivity index (χ2n) is 4.27. The van der Waals surface area contributed by atoms with E-state index in [0.29, 0.717) is 12.0 Å². The van der Waals surface area contributed by atoms with Crippen LogP contribution in [0, 0.1) is 5.92 Å². The predicted molar refractivity (Wildman–Crippen MR) is 67.1 cm³/mol. The highest BCUT2D eigenvalue weighted by molar-refractivity contribution is 6.30. The van der Waals surface area contributed by atoms with Gasteiger partial charge >= 0.3 is 0 Å². The zero-order chi connectivity index (χ0) is 11.4. The average Bonchev–Trinajstić information content (AvgIpc) is 2.82. The summed E-state index contributed by atoms with van der Waals surface area (Å²) in [6.45, 7) is 4.37. The molecule has 0 aliphatic carbocycles. The van der Waals surface area contributed by atoms with Crippen LogP contribution in [-0.2, 0) is 0 Å². The SMILES string of the molecule is CC[C@@H](Oc1ccc(Cl)cc1)[C@H]1CCNC1. The summed E-state index contributed by atoms with van der Waals surface area (Å²) < 4.78 is 6.00. The Hall–Kier alpha value is -0.730. The Morgan fingerprint density at radius 2 is 2.19 bits per heavy atom. The molecule has 0 saturated carbocycles. The third-order valence-corrected chi connectivity index (χ3v) is 3.38. The fraction of sp³-hybridized carbons (Fsp3) is 0.538. The van der Waals surface area contributed by atoms with Crippen molar-refractivity contribution >= 4 is 11.6 Å². The molecule has 0 aromatic heterocycles. The molecular weight excluding hydrogens is 222 g/mol. The Morgan fingerprint density at radius 3 is 2.75 bits per heavy atom. The molecule has 0 amide bonds. The molecule has 88 valence electrons. The lowest BCUT2D eigenvalue weighted by atomic mass is 9.99. The average molecular weight is 240 g/mol. The molecule has 2 rings (SSSR count).